The van der Waals surface area contributed by atoms with Crippen molar-refractivity contribution in [2.24, 2.45) is 7.05 Å². The zero-order valence-corrected chi connectivity index (χ0v) is 18.5. The largest absolute Gasteiger partial charge is 0.494 e. The van der Waals surface area contributed by atoms with Gasteiger partial charge in [-0.3, -0.25) is 9.59 Å². The number of benzene rings is 2. The maximum absolute atomic E-state index is 12.4. The Morgan fingerprint density at radius 3 is 2.48 bits per heavy atom. The van der Waals surface area contributed by atoms with Crippen molar-refractivity contribution in [3.63, 3.8) is 0 Å². The number of rotatable bonds is 9. The average molecular weight is 440 g/mol. The summed E-state index contributed by atoms with van der Waals surface area (Å²) in [5.41, 5.74) is 1.28. The van der Waals surface area contributed by atoms with Gasteiger partial charge in [0.25, 0.3) is 5.91 Å². The van der Waals surface area contributed by atoms with Gasteiger partial charge < -0.3 is 19.9 Å². The lowest BCUT2D eigenvalue weighted by molar-refractivity contribution is -0.113. The molecule has 1 atom stereocenters. The van der Waals surface area contributed by atoms with Crippen LogP contribution in [0.25, 0.3) is 0 Å². The van der Waals surface area contributed by atoms with Gasteiger partial charge in [-0.25, -0.2) is 0 Å². The SMILES string of the molecule is CCOc1ccc(NC(=O)CSc2nnc([C@H](C)NC(=O)c3ccccc3)n2C)cc1. The number of nitrogens with one attached hydrogen (secondary N) is 2. The standard InChI is InChI=1S/C22H25N5O3S/c1-4-30-18-12-10-17(11-13-18)24-19(28)14-31-22-26-25-20(27(22)3)15(2)23-21(29)16-8-6-5-7-9-16/h5-13,15H,4,14H2,1-3H3,(H,23,29)(H,24,28)/t15-/m0/s1. The van der Waals surface area contributed by atoms with Gasteiger partial charge in [0.1, 0.15) is 5.75 Å². The molecule has 0 saturated heterocycles. The molecule has 2 N–H and O–H groups in total. The summed E-state index contributed by atoms with van der Waals surface area (Å²) in [7, 11) is 1.81. The molecule has 0 saturated carbocycles. The lowest BCUT2D eigenvalue weighted by Crippen LogP contribution is -2.28. The molecule has 8 nitrogen and oxygen atoms in total. The summed E-state index contributed by atoms with van der Waals surface area (Å²) in [6.07, 6.45) is 0. The van der Waals surface area contributed by atoms with E-state index in [0.29, 0.717) is 28.8 Å². The van der Waals surface area contributed by atoms with Crippen molar-refractivity contribution in [2.75, 3.05) is 17.7 Å². The quantitative estimate of drug-likeness (QED) is 0.496. The van der Waals surface area contributed by atoms with Gasteiger partial charge in [-0.1, -0.05) is 30.0 Å². The number of nitrogens with zero attached hydrogens (tertiary/aromatic N) is 3. The highest BCUT2D eigenvalue weighted by atomic mass is 32.2. The predicted molar refractivity (Wildman–Crippen MR) is 120 cm³/mol. The third-order valence-electron chi connectivity index (χ3n) is 4.42. The van der Waals surface area contributed by atoms with Crippen LogP contribution in [-0.4, -0.2) is 38.9 Å². The Labute approximate surface area is 185 Å². The van der Waals surface area contributed by atoms with E-state index in [1.807, 2.05) is 51.2 Å². The molecule has 3 aromatic rings. The number of anilines is 1. The zero-order valence-electron chi connectivity index (χ0n) is 17.7. The Kier molecular flexibility index (Phi) is 7.66. The highest BCUT2D eigenvalue weighted by Gasteiger charge is 2.19. The Hall–Kier alpha value is -3.33. The van der Waals surface area contributed by atoms with Gasteiger partial charge in [0.15, 0.2) is 11.0 Å². The third-order valence-corrected chi connectivity index (χ3v) is 5.44. The topological polar surface area (TPSA) is 98.1 Å². The van der Waals surface area contributed by atoms with Crippen LogP contribution in [0.15, 0.2) is 59.8 Å². The van der Waals surface area contributed by atoms with E-state index in [-0.39, 0.29) is 23.6 Å². The second kappa shape index (κ2) is 10.6. The van der Waals surface area contributed by atoms with E-state index in [0.717, 1.165) is 5.75 Å². The molecule has 31 heavy (non-hydrogen) atoms. The number of ether oxygens (including phenoxy) is 1. The van der Waals surface area contributed by atoms with E-state index < -0.39 is 0 Å². The minimum atomic E-state index is -0.336. The summed E-state index contributed by atoms with van der Waals surface area (Å²) in [5, 5.41) is 14.7. The number of thioether (sulfide) groups is 1. The molecule has 0 bridgehead atoms. The van der Waals surface area contributed by atoms with E-state index in [4.69, 9.17) is 4.74 Å². The molecule has 2 amide bonds. The Morgan fingerprint density at radius 1 is 1.10 bits per heavy atom. The minimum absolute atomic E-state index is 0.149. The van der Waals surface area contributed by atoms with Gasteiger partial charge in [-0.15, -0.1) is 10.2 Å². The average Bonchev–Trinajstić information content (AvgIpc) is 3.15. The maximum atomic E-state index is 12.4. The second-order valence-electron chi connectivity index (χ2n) is 6.76. The first-order valence-electron chi connectivity index (χ1n) is 9.88. The van der Waals surface area contributed by atoms with Crippen LogP contribution in [0.3, 0.4) is 0 Å². The first-order valence-corrected chi connectivity index (χ1v) is 10.9. The van der Waals surface area contributed by atoms with E-state index >= 15 is 0 Å². The maximum Gasteiger partial charge on any atom is 0.251 e. The first-order chi connectivity index (χ1) is 15.0. The minimum Gasteiger partial charge on any atom is -0.494 e. The van der Waals surface area contributed by atoms with Crippen molar-refractivity contribution in [1.82, 2.24) is 20.1 Å². The summed E-state index contributed by atoms with van der Waals surface area (Å²) >= 11 is 1.28. The summed E-state index contributed by atoms with van der Waals surface area (Å²) in [4.78, 5) is 24.6. The highest BCUT2D eigenvalue weighted by molar-refractivity contribution is 7.99. The molecule has 162 valence electrons. The summed E-state index contributed by atoms with van der Waals surface area (Å²) in [6.45, 7) is 4.36. The Balaban J connectivity index is 1.53. The fourth-order valence-corrected chi connectivity index (χ4v) is 3.61. The van der Waals surface area contributed by atoms with Crippen LogP contribution in [0.4, 0.5) is 5.69 Å². The lowest BCUT2D eigenvalue weighted by Gasteiger charge is -2.13. The van der Waals surface area contributed by atoms with Gasteiger partial charge in [0.05, 0.1) is 18.4 Å². The van der Waals surface area contributed by atoms with Crippen LogP contribution in [0.1, 0.15) is 36.1 Å². The summed E-state index contributed by atoms with van der Waals surface area (Å²) in [6, 6.07) is 15.9. The molecule has 0 radical (unpaired) electrons. The summed E-state index contributed by atoms with van der Waals surface area (Å²) < 4.78 is 7.18. The molecular formula is C22H25N5O3S. The first kappa shape index (κ1) is 22.4. The van der Waals surface area contributed by atoms with E-state index in [9.17, 15) is 9.59 Å². The molecule has 3 rings (SSSR count). The van der Waals surface area contributed by atoms with E-state index in [1.165, 1.54) is 11.8 Å². The monoisotopic (exact) mass is 439 g/mol. The molecule has 0 aliphatic carbocycles. The highest BCUT2D eigenvalue weighted by Crippen LogP contribution is 2.20. The number of carbonyl (C=O) groups is 2. The van der Waals surface area contributed by atoms with Gasteiger partial charge in [0, 0.05) is 18.3 Å². The molecule has 0 fully saturated rings. The van der Waals surface area contributed by atoms with Crippen molar-refractivity contribution in [3.05, 3.63) is 66.0 Å². The smallest absolute Gasteiger partial charge is 0.251 e. The van der Waals surface area contributed by atoms with Crippen LogP contribution in [0.5, 0.6) is 5.75 Å². The normalized spacial score (nSPS) is 11.6. The van der Waals surface area contributed by atoms with Gasteiger partial charge in [0.2, 0.25) is 5.91 Å². The van der Waals surface area contributed by atoms with Crippen LogP contribution in [0, 0.1) is 0 Å². The molecular weight excluding hydrogens is 414 g/mol. The van der Waals surface area contributed by atoms with Crippen LogP contribution in [0.2, 0.25) is 0 Å². The lowest BCUT2D eigenvalue weighted by atomic mass is 10.2. The van der Waals surface area contributed by atoms with Crippen molar-refractivity contribution in [2.45, 2.75) is 25.0 Å². The van der Waals surface area contributed by atoms with E-state index in [2.05, 4.69) is 20.8 Å². The van der Waals surface area contributed by atoms with Crippen molar-refractivity contribution in [1.29, 1.82) is 0 Å². The number of aromatic nitrogens is 3. The van der Waals surface area contributed by atoms with Crippen LogP contribution in [-0.2, 0) is 11.8 Å². The van der Waals surface area contributed by atoms with Crippen LogP contribution >= 0.6 is 11.8 Å². The summed E-state index contributed by atoms with van der Waals surface area (Å²) in [5.74, 6) is 1.22. The molecule has 9 heteroatoms. The fraction of sp³-hybridized carbons (Fsp3) is 0.273. The number of carbonyl (C=O) groups excluding carboxylic acids is 2. The molecule has 1 heterocycles. The van der Waals surface area contributed by atoms with Gasteiger partial charge in [-0.2, -0.15) is 0 Å². The predicted octanol–water partition coefficient (Wildman–Crippen LogP) is 3.44. The van der Waals surface area contributed by atoms with Crippen molar-refractivity contribution in [3.8, 4) is 5.75 Å². The molecule has 0 aliphatic heterocycles. The number of hydrogen-bond donors (Lipinski definition) is 2. The number of hydrogen-bond acceptors (Lipinski definition) is 6. The van der Waals surface area contributed by atoms with Crippen molar-refractivity contribution < 1.29 is 14.3 Å². The van der Waals surface area contributed by atoms with Crippen molar-refractivity contribution >= 4 is 29.3 Å². The van der Waals surface area contributed by atoms with Gasteiger partial charge in [-0.05, 0) is 50.2 Å². The van der Waals surface area contributed by atoms with E-state index in [1.54, 1.807) is 28.8 Å². The molecule has 0 unspecified atom stereocenters. The van der Waals surface area contributed by atoms with Gasteiger partial charge >= 0.3 is 0 Å². The third kappa shape index (κ3) is 6.08. The Morgan fingerprint density at radius 2 is 1.81 bits per heavy atom. The second-order valence-corrected chi connectivity index (χ2v) is 7.70. The Bertz CT molecular complexity index is 1020. The molecule has 0 spiro atoms. The van der Waals surface area contributed by atoms with Crippen LogP contribution < -0.4 is 15.4 Å². The molecule has 1 aromatic heterocycles. The number of amides is 2. The molecule has 2 aromatic carbocycles. The zero-order chi connectivity index (χ0) is 22.2. The molecule has 0 aliphatic rings. The fourth-order valence-electron chi connectivity index (χ4n) is 2.89.